The number of ether oxygens (including phenoxy) is 1. The van der Waals surface area contributed by atoms with E-state index in [1.165, 1.54) is 11.3 Å². The Labute approximate surface area is 77.0 Å². The summed E-state index contributed by atoms with van der Waals surface area (Å²) in [5.74, 6) is 0. The topological polar surface area (TPSA) is 39.2 Å². The van der Waals surface area contributed by atoms with Gasteiger partial charge in [-0.2, -0.15) is 0 Å². The van der Waals surface area contributed by atoms with Crippen LogP contribution in [0.15, 0.2) is 5.38 Å². The van der Waals surface area contributed by atoms with Gasteiger partial charge in [0, 0.05) is 12.0 Å². The average Bonchev–Trinajstić information content (AvgIpc) is 2.57. The molecule has 0 aliphatic carbocycles. The lowest BCUT2D eigenvalue weighted by Gasteiger charge is -2.18. The van der Waals surface area contributed by atoms with E-state index in [1.54, 1.807) is 12.3 Å². The molecule has 1 atom stereocenters. The second kappa shape index (κ2) is 4.08. The lowest BCUT2D eigenvalue weighted by atomic mass is 10.3. The zero-order valence-electron chi connectivity index (χ0n) is 6.90. The maximum Gasteiger partial charge on any atom is 0.197 e. The van der Waals surface area contributed by atoms with Gasteiger partial charge >= 0.3 is 0 Å². The molecule has 0 saturated heterocycles. The van der Waals surface area contributed by atoms with E-state index in [4.69, 9.17) is 4.74 Å². The van der Waals surface area contributed by atoms with E-state index in [0.717, 1.165) is 0 Å². The molecular weight excluding hydrogens is 193 g/mol. The van der Waals surface area contributed by atoms with Crippen molar-refractivity contribution >= 4 is 19.8 Å². The number of nitrogens with zero attached hydrogens (tertiary/aromatic N) is 1. The summed E-state index contributed by atoms with van der Waals surface area (Å²) in [7, 11) is -0.0693. The molecule has 65 valence electrons. The normalized spacial score (nSPS) is 16.2. The van der Waals surface area contributed by atoms with Crippen molar-refractivity contribution < 1.29 is 9.30 Å². The van der Waals surface area contributed by atoms with Crippen LogP contribution in [0.1, 0.15) is 19.5 Å². The maximum absolute atomic E-state index is 10.8. The van der Waals surface area contributed by atoms with Gasteiger partial charge in [0.25, 0.3) is 0 Å². The Kier molecular flexibility index (Phi) is 3.32. The molecule has 0 aromatic carbocycles. The van der Waals surface area contributed by atoms with Crippen molar-refractivity contribution in [1.29, 1.82) is 0 Å². The Balaban J connectivity index is 2.87. The third kappa shape index (κ3) is 1.89. The van der Waals surface area contributed by atoms with Crippen LogP contribution >= 0.6 is 19.8 Å². The third-order valence-electron chi connectivity index (χ3n) is 1.46. The van der Waals surface area contributed by atoms with Crippen LogP contribution < -0.4 is 0 Å². The fraction of sp³-hybridized carbons (Fsp3) is 0.571. The van der Waals surface area contributed by atoms with Crippen molar-refractivity contribution in [1.82, 2.24) is 4.98 Å². The van der Waals surface area contributed by atoms with Gasteiger partial charge in [-0.05, 0) is 13.8 Å². The van der Waals surface area contributed by atoms with E-state index < -0.39 is 5.34 Å². The fourth-order valence-electron chi connectivity index (χ4n) is 0.825. The van der Waals surface area contributed by atoms with Gasteiger partial charge in [0.15, 0.2) is 19.3 Å². The monoisotopic (exact) mass is 202 g/mol. The molecule has 12 heavy (non-hydrogen) atoms. The number of thiazole rings is 1. The Bertz CT molecular complexity index is 252. The number of rotatable bonds is 4. The summed E-state index contributed by atoms with van der Waals surface area (Å²) < 4.78 is 16.2. The van der Waals surface area contributed by atoms with Crippen molar-refractivity contribution in [2.75, 3.05) is 6.61 Å². The Hall–Kier alpha value is -0.310. The van der Waals surface area contributed by atoms with Crippen molar-refractivity contribution in [3.8, 4) is 0 Å². The van der Waals surface area contributed by atoms with E-state index in [-0.39, 0.29) is 8.46 Å². The molecule has 0 aliphatic rings. The highest BCUT2D eigenvalue weighted by atomic mass is 32.1. The molecule has 1 unspecified atom stereocenters. The fourth-order valence-corrected chi connectivity index (χ4v) is 1.90. The average molecular weight is 202 g/mol. The summed E-state index contributed by atoms with van der Waals surface area (Å²) in [6, 6.07) is 0. The predicted octanol–water partition coefficient (Wildman–Crippen LogP) is 2.44. The molecular formula is C7H9NO2PS. The summed E-state index contributed by atoms with van der Waals surface area (Å²) in [6.45, 7) is 4.12. The van der Waals surface area contributed by atoms with E-state index >= 15 is 0 Å². The molecule has 1 radical (unpaired) electrons. The SMILES string of the molecule is CCOC(C)(P=O)c1cs[c]n1. The van der Waals surface area contributed by atoms with Crippen LogP contribution in [0.5, 0.6) is 0 Å². The molecule has 0 amide bonds. The van der Waals surface area contributed by atoms with Crippen molar-refractivity contribution in [2.24, 2.45) is 0 Å². The highest BCUT2D eigenvalue weighted by Gasteiger charge is 2.29. The highest BCUT2D eigenvalue weighted by Crippen LogP contribution is 2.35. The van der Waals surface area contributed by atoms with Crippen LogP contribution in [0.4, 0.5) is 0 Å². The zero-order chi connectivity index (χ0) is 9.03. The van der Waals surface area contributed by atoms with Gasteiger partial charge < -0.3 is 4.74 Å². The molecule has 1 aromatic heterocycles. The molecule has 0 N–H and O–H groups in total. The molecule has 1 heterocycles. The van der Waals surface area contributed by atoms with Gasteiger partial charge in [0.2, 0.25) is 0 Å². The number of hydrogen-bond donors (Lipinski definition) is 0. The molecule has 5 heteroatoms. The zero-order valence-corrected chi connectivity index (χ0v) is 8.61. The lowest BCUT2D eigenvalue weighted by molar-refractivity contribution is 0.0385. The van der Waals surface area contributed by atoms with Gasteiger partial charge in [0.05, 0.1) is 5.69 Å². The standard InChI is InChI=1S/C7H9NO2PS/c1-3-10-7(2,11-9)6-4-12-5-8-6/h4H,3H2,1-2H3. The minimum Gasteiger partial charge on any atom is -0.357 e. The third-order valence-corrected chi connectivity index (χ3v) is 2.71. The van der Waals surface area contributed by atoms with Gasteiger partial charge in [0.1, 0.15) is 0 Å². The first-order chi connectivity index (χ1) is 5.73. The lowest BCUT2D eigenvalue weighted by Crippen LogP contribution is -2.18. The van der Waals surface area contributed by atoms with E-state index in [9.17, 15) is 4.57 Å². The number of aromatic nitrogens is 1. The van der Waals surface area contributed by atoms with Crippen molar-refractivity contribution in [3.63, 3.8) is 0 Å². The second-order valence-electron chi connectivity index (χ2n) is 2.33. The largest absolute Gasteiger partial charge is 0.357 e. The Morgan fingerprint density at radius 1 is 1.92 bits per heavy atom. The molecule has 0 fully saturated rings. The molecule has 0 spiro atoms. The van der Waals surface area contributed by atoms with Crippen molar-refractivity contribution in [2.45, 2.75) is 19.2 Å². The Morgan fingerprint density at radius 3 is 3.08 bits per heavy atom. The molecule has 1 rings (SSSR count). The Morgan fingerprint density at radius 2 is 2.67 bits per heavy atom. The van der Waals surface area contributed by atoms with Crippen LogP contribution in [0.2, 0.25) is 0 Å². The summed E-state index contributed by atoms with van der Waals surface area (Å²) >= 11 is 1.35. The van der Waals surface area contributed by atoms with Crippen LogP contribution in [0.3, 0.4) is 0 Å². The van der Waals surface area contributed by atoms with Crippen LogP contribution in [-0.4, -0.2) is 11.6 Å². The first-order valence-corrected chi connectivity index (χ1v) is 5.22. The van der Waals surface area contributed by atoms with Gasteiger partial charge in [-0.1, -0.05) is 0 Å². The minimum absolute atomic E-state index is 0.0693. The maximum atomic E-state index is 10.8. The molecule has 0 bridgehead atoms. The minimum atomic E-state index is -0.800. The molecule has 3 nitrogen and oxygen atoms in total. The highest BCUT2D eigenvalue weighted by molar-refractivity contribution is 7.25. The molecule has 1 aromatic rings. The first-order valence-electron chi connectivity index (χ1n) is 3.53. The van der Waals surface area contributed by atoms with E-state index in [0.29, 0.717) is 12.3 Å². The van der Waals surface area contributed by atoms with Crippen LogP contribution in [0.25, 0.3) is 0 Å². The summed E-state index contributed by atoms with van der Waals surface area (Å²) in [5, 5.41) is 0.992. The van der Waals surface area contributed by atoms with E-state index in [1.807, 2.05) is 6.92 Å². The predicted molar refractivity (Wildman–Crippen MR) is 47.5 cm³/mol. The van der Waals surface area contributed by atoms with Gasteiger partial charge in [-0.3, -0.25) is 4.57 Å². The first kappa shape index (κ1) is 9.78. The van der Waals surface area contributed by atoms with Crippen molar-refractivity contribution in [3.05, 3.63) is 16.6 Å². The summed E-state index contributed by atoms with van der Waals surface area (Å²) in [6.07, 6.45) is 0. The van der Waals surface area contributed by atoms with Gasteiger partial charge in [-0.25, -0.2) is 4.98 Å². The van der Waals surface area contributed by atoms with E-state index in [2.05, 4.69) is 10.5 Å². The van der Waals surface area contributed by atoms with Crippen LogP contribution in [0, 0.1) is 5.51 Å². The molecule has 0 aliphatic heterocycles. The second-order valence-corrected chi connectivity index (χ2v) is 4.02. The summed E-state index contributed by atoms with van der Waals surface area (Å²) in [4.78, 5) is 3.94. The molecule has 0 saturated carbocycles. The van der Waals surface area contributed by atoms with Crippen LogP contribution in [-0.2, 0) is 14.6 Å². The quantitative estimate of drug-likeness (QED) is 0.704. The summed E-state index contributed by atoms with van der Waals surface area (Å²) in [5.41, 5.74) is 3.37. The number of hydrogen-bond acceptors (Lipinski definition) is 4. The smallest absolute Gasteiger partial charge is 0.197 e. The van der Waals surface area contributed by atoms with Gasteiger partial charge in [-0.15, -0.1) is 11.3 Å².